The summed E-state index contributed by atoms with van der Waals surface area (Å²) < 4.78 is 5.73. The lowest BCUT2D eigenvalue weighted by molar-refractivity contribution is -0.384. The van der Waals surface area contributed by atoms with Crippen LogP contribution in [0.15, 0.2) is 48.5 Å². The molecule has 8 nitrogen and oxygen atoms in total. The highest BCUT2D eigenvalue weighted by Crippen LogP contribution is 2.43. The predicted octanol–water partition coefficient (Wildman–Crippen LogP) is 3.32. The molecule has 2 aromatic carbocycles. The number of amides is 1. The molecule has 0 spiro atoms. The van der Waals surface area contributed by atoms with Crippen molar-refractivity contribution in [2.24, 2.45) is 0 Å². The van der Waals surface area contributed by atoms with E-state index in [2.05, 4.69) is 0 Å². The summed E-state index contributed by atoms with van der Waals surface area (Å²) in [5.74, 6) is -1.04. The van der Waals surface area contributed by atoms with Crippen LogP contribution in [-0.2, 0) is 19.2 Å². The molecule has 2 aromatic rings. The van der Waals surface area contributed by atoms with Crippen LogP contribution in [0.3, 0.4) is 0 Å². The van der Waals surface area contributed by atoms with Crippen LogP contribution in [-0.4, -0.2) is 23.4 Å². The summed E-state index contributed by atoms with van der Waals surface area (Å²) in [5.41, 5.74) is 1.12. The number of rotatable bonds is 5. The van der Waals surface area contributed by atoms with Crippen LogP contribution in [0, 0.1) is 10.1 Å². The highest BCUT2D eigenvalue weighted by molar-refractivity contribution is 6.36. The monoisotopic (exact) mass is 368 g/mol. The molecule has 0 saturated carbocycles. The minimum Gasteiger partial charge on any atom is -0.492 e. The molecule has 0 saturated heterocycles. The first kappa shape index (κ1) is 18.1. The number of carbonyl (C=O) groups excluding carboxylic acids is 2. The highest BCUT2D eigenvalue weighted by Gasteiger charge is 2.39. The average Bonchev–Trinajstić information content (AvgIpc) is 2.91. The highest BCUT2D eigenvalue weighted by atomic mass is 16.7. The van der Waals surface area contributed by atoms with E-state index in [1.54, 1.807) is 31.2 Å². The van der Waals surface area contributed by atoms with Gasteiger partial charge in [0, 0.05) is 30.2 Å². The molecular weight excluding hydrogens is 352 g/mol. The topological polar surface area (TPSA) is 99.0 Å². The third kappa shape index (κ3) is 3.37. The molecule has 0 N–H and O–H groups in total. The molecule has 3 rings (SSSR count). The Hall–Kier alpha value is -3.68. The predicted molar refractivity (Wildman–Crippen MR) is 97.2 cm³/mol. The number of anilines is 1. The molecule has 0 fully saturated rings. The van der Waals surface area contributed by atoms with E-state index < -0.39 is 16.8 Å². The van der Waals surface area contributed by atoms with Gasteiger partial charge in [0.15, 0.2) is 0 Å². The van der Waals surface area contributed by atoms with Gasteiger partial charge in [0.1, 0.15) is 5.76 Å². The summed E-state index contributed by atoms with van der Waals surface area (Å²) >= 11 is 0. The number of nitrogens with zero attached hydrogens (tertiary/aromatic N) is 2. The Morgan fingerprint density at radius 2 is 1.89 bits per heavy atom. The van der Waals surface area contributed by atoms with E-state index in [0.29, 0.717) is 23.5 Å². The van der Waals surface area contributed by atoms with Crippen LogP contribution in [0.4, 0.5) is 11.4 Å². The summed E-state index contributed by atoms with van der Waals surface area (Å²) in [7, 11) is 0. The first-order chi connectivity index (χ1) is 12.9. The van der Waals surface area contributed by atoms with E-state index in [1.165, 1.54) is 18.2 Å². The van der Waals surface area contributed by atoms with E-state index in [-0.39, 0.29) is 16.9 Å². The molecule has 0 radical (unpaired) electrons. The average molecular weight is 368 g/mol. The molecule has 0 unspecified atom stereocenters. The third-order valence-corrected chi connectivity index (χ3v) is 3.85. The maximum atomic E-state index is 13.0. The Labute approximate surface area is 154 Å². The molecule has 0 aliphatic carbocycles. The molecular formula is C19H16N2O6. The van der Waals surface area contributed by atoms with Gasteiger partial charge in [0.25, 0.3) is 11.6 Å². The van der Waals surface area contributed by atoms with Crippen molar-refractivity contribution in [1.82, 2.24) is 0 Å². The van der Waals surface area contributed by atoms with Crippen LogP contribution in [0.25, 0.3) is 11.3 Å². The minimum absolute atomic E-state index is 0.118. The number of ether oxygens (including phenoxy) is 1. The van der Waals surface area contributed by atoms with Crippen LogP contribution in [0.2, 0.25) is 0 Å². The first-order valence-corrected chi connectivity index (χ1v) is 8.18. The van der Waals surface area contributed by atoms with Crippen molar-refractivity contribution in [2.75, 3.05) is 11.7 Å². The third-order valence-electron chi connectivity index (χ3n) is 3.85. The van der Waals surface area contributed by atoms with Gasteiger partial charge in [-0.15, -0.1) is 5.06 Å². The molecule has 8 heteroatoms. The fraction of sp³-hybridized carbons (Fsp3) is 0.158. The van der Waals surface area contributed by atoms with Crippen LogP contribution in [0.5, 0.6) is 0 Å². The summed E-state index contributed by atoms with van der Waals surface area (Å²) in [6.45, 7) is 3.23. The van der Waals surface area contributed by atoms with E-state index in [4.69, 9.17) is 9.57 Å². The second kappa shape index (κ2) is 7.28. The van der Waals surface area contributed by atoms with Gasteiger partial charge < -0.3 is 9.57 Å². The summed E-state index contributed by atoms with van der Waals surface area (Å²) in [6.07, 6.45) is 0. The van der Waals surface area contributed by atoms with Gasteiger partial charge in [0.05, 0.1) is 22.8 Å². The molecule has 138 valence electrons. The molecule has 1 aliphatic rings. The van der Waals surface area contributed by atoms with Crippen molar-refractivity contribution in [1.29, 1.82) is 0 Å². The van der Waals surface area contributed by atoms with Crippen molar-refractivity contribution >= 4 is 34.6 Å². The Morgan fingerprint density at radius 1 is 1.19 bits per heavy atom. The van der Waals surface area contributed by atoms with Crippen LogP contribution in [0.1, 0.15) is 25.0 Å². The molecule has 1 heterocycles. The second-order valence-electron chi connectivity index (χ2n) is 5.64. The number of nitro groups is 1. The Morgan fingerprint density at radius 3 is 2.48 bits per heavy atom. The molecule has 1 amide bonds. The van der Waals surface area contributed by atoms with Crippen molar-refractivity contribution in [3.8, 4) is 0 Å². The van der Waals surface area contributed by atoms with Crippen LogP contribution >= 0.6 is 0 Å². The Balaban J connectivity index is 2.26. The quantitative estimate of drug-likeness (QED) is 0.347. The van der Waals surface area contributed by atoms with Crippen molar-refractivity contribution in [2.45, 2.75) is 13.8 Å². The summed E-state index contributed by atoms with van der Waals surface area (Å²) in [4.78, 5) is 40.0. The molecule has 0 atom stereocenters. The van der Waals surface area contributed by atoms with E-state index in [0.717, 1.165) is 12.0 Å². The normalized spacial score (nSPS) is 14.6. The molecule has 0 aromatic heterocycles. The zero-order valence-corrected chi connectivity index (χ0v) is 14.7. The van der Waals surface area contributed by atoms with E-state index in [1.807, 2.05) is 6.07 Å². The van der Waals surface area contributed by atoms with Gasteiger partial charge in [-0.2, -0.15) is 0 Å². The van der Waals surface area contributed by atoms with Gasteiger partial charge >= 0.3 is 5.97 Å². The number of carbonyl (C=O) groups is 2. The first-order valence-electron chi connectivity index (χ1n) is 8.18. The lowest BCUT2D eigenvalue weighted by atomic mass is 10.0. The lowest BCUT2D eigenvalue weighted by Gasteiger charge is -2.15. The Kier molecular flexibility index (Phi) is 4.89. The SMILES string of the molecule is CCOC(=C1C(=O)N(OC(C)=O)c2cc([N+](=O)[O-])ccc21)c1ccccc1. The van der Waals surface area contributed by atoms with Crippen molar-refractivity contribution in [3.63, 3.8) is 0 Å². The fourth-order valence-electron chi connectivity index (χ4n) is 2.81. The number of hydrogen-bond acceptors (Lipinski definition) is 6. The number of non-ortho nitro benzene ring substituents is 1. The smallest absolute Gasteiger partial charge is 0.330 e. The Bertz CT molecular complexity index is 952. The van der Waals surface area contributed by atoms with E-state index >= 15 is 0 Å². The summed E-state index contributed by atoms with van der Waals surface area (Å²) in [5, 5.41) is 11.9. The van der Waals surface area contributed by atoms with Gasteiger partial charge in [-0.25, -0.2) is 4.79 Å². The molecule has 27 heavy (non-hydrogen) atoms. The maximum absolute atomic E-state index is 13.0. The molecule has 0 bridgehead atoms. The van der Waals surface area contributed by atoms with Crippen LogP contribution < -0.4 is 5.06 Å². The standard InChI is InChI=1S/C19H16N2O6/c1-3-26-18(13-7-5-4-6-8-13)17-15-10-9-14(21(24)25)11-16(15)20(19(17)23)27-12(2)22/h4-11H,3H2,1-2H3. The maximum Gasteiger partial charge on any atom is 0.330 e. The van der Waals surface area contributed by atoms with Gasteiger partial charge in [-0.1, -0.05) is 30.3 Å². The number of hydrogen-bond donors (Lipinski definition) is 0. The zero-order chi connectivity index (χ0) is 19.6. The van der Waals surface area contributed by atoms with Gasteiger partial charge in [-0.3, -0.25) is 14.9 Å². The number of fused-ring (bicyclic) bond motifs is 1. The number of hydroxylamine groups is 1. The number of nitro benzene ring substituents is 1. The van der Waals surface area contributed by atoms with E-state index in [9.17, 15) is 19.7 Å². The van der Waals surface area contributed by atoms with Gasteiger partial charge in [0.2, 0.25) is 0 Å². The van der Waals surface area contributed by atoms with Crippen molar-refractivity contribution in [3.05, 3.63) is 69.8 Å². The zero-order valence-electron chi connectivity index (χ0n) is 14.7. The van der Waals surface area contributed by atoms with Crippen molar-refractivity contribution < 1.29 is 24.1 Å². The van der Waals surface area contributed by atoms with Gasteiger partial charge in [-0.05, 0) is 13.0 Å². The fourth-order valence-corrected chi connectivity index (χ4v) is 2.81. The lowest BCUT2D eigenvalue weighted by Crippen LogP contribution is -2.29. The minimum atomic E-state index is -0.722. The largest absolute Gasteiger partial charge is 0.492 e. The summed E-state index contributed by atoms with van der Waals surface area (Å²) in [6, 6.07) is 12.9. The number of benzene rings is 2. The molecule has 1 aliphatic heterocycles. The second-order valence-corrected chi connectivity index (χ2v) is 5.64.